The molecule has 1 aliphatic rings. The van der Waals surface area contributed by atoms with Gasteiger partial charge in [0.05, 0.1) is 13.2 Å². The normalized spacial score (nSPS) is 27.5. The highest BCUT2D eigenvalue weighted by atomic mass is 16.5. The molecule has 0 saturated carbocycles. The predicted molar refractivity (Wildman–Crippen MR) is 83.3 cm³/mol. The molecule has 2 N–H and O–H groups in total. The topological polar surface area (TPSA) is 58.6 Å². The van der Waals surface area contributed by atoms with E-state index >= 15 is 0 Å². The Hall–Kier alpha value is -2.17. The van der Waals surface area contributed by atoms with E-state index < -0.39 is 17.6 Å². The Labute approximate surface area is 129 Å². The molecule has 2 aromatic rings. The van der Waals surface area contributed by atoms with Crippen molar-refractivity contribution in [2.24, 2.45) is 0 Å². The van der Waals surface area contributed by atoms with E-state index in [0.29, 0.717) is 6.54 Å². The highest BCUT2D eigenvalue weighted by Crippen LogP contribution is 2.43. The number of aliphatic hydroxyl groups is 1. The third-order valence-electron chi connectivity index (χ3n) is 4.34. The lowest BCUT2D eigenvalue weighted by Crippen LogP contribution is -2.48. The maximum atomic E-state index is 12.4. The molecule has 2 aromatic carbocycles. The fourth-order valence-corrected chi connectivity index (χ4v) is 3.25. The maximum Gasteiger partial charge on any atom is 0.340 e. The molecular formula is C18H19NO3. The van der Waals surface area contributed by atoms with Crippen molar-refractivity contribution >= 4 is 5.97 Å². The molecule has 3 rings (SSSR count). The smallest absolute Gasteiger partial charge is 0.340 e. The van der Waals surface area contributed by atoms with Gasteiger partial charge in [0.25, 0.3) is 0 Å². The molecule has 4 heteroatoms. The third-order valence-corrected chi connectivity index (χ3v) is 4.34. The molecule has 0 amide bonds. The van der Waals surface area contributed by atoms with Gasteiger partial charge in [-0.15, -0.1) is 0 Å². The summed E-state index contributed by atoms with van der Waals surface area (Å²) in [5, 5.41) is 14.5. The van der Waals surface area contributed by atoms with Gasteiger partial charge in [-0.3, -0.25) is 0 Å². The number of ether oxygens (including phenoxy) is 1. The quantitative estimate of drug-likeness (QED) is 0.851. The summed E-state index contributed by atoms with van der Waals surface area (Å²) in [5.41, 5.74) is 0.160. The molecule has 1 saturated heterocycles. The Balaban J connectivity index is 2.05. The van der Waals surface area contributed by atoms with Crippen molar-refractivity contribution in [2.75, 3.05) is 13.7 Å². The molecule has 1 aliphatic heterocycles. The van der Waals surface area contributed by atoms with E-state index in [1.54, 1.807) is 0 Å². The monoisotopic (exact) mass is 297 g/mol. The Bertz CT molecular complexity index is 594. The molecule has 1 fully saturated rings. The van der Waals surface area contributed by atoms with Gasteiger partial charge in [-0.05, 0) is 11.1 Å². The molecule has 0 radical (unpaired) electrons. The van der Waals surface area contributed by atoms with Gasteiger partial charge in [0, 0.05) is 12.5 Å². The Morgan fingerprint density at radius 2 is 1.64 bits per heavy atom. The van der Waals surface area contributed by atoms with Crippen molar-refractivity contribution in [1.82, 2.24) is 5.32 Å². The van der Waals surface area contributed by atoms with E-state index in [9.17, 15) is 9.90 Å². The van der Waals surface area contributed by atoms with E-state index in [1.807, 2.05) is 60.7 Å². The summed E-state index contributed by atoms with van der Waals surface area (Å²) >= 11 is 0. The van der Waals surface area contributed by atoms with Crippen LogP contribution in [0.4, 0.5) is 0 Å². The van der Waals surface area contributed by atoms with Crippen LogP contribution in [-0.2, 0) is 9.53 Å². The number of esters is 1. The van der Waals surface area contributed by atoms with E-state index in [1.165, 1.54) is 7.11 Å². The summed E-state index contributed by atoms with van der Waals surface area (Å²) in [5.74, 6) is -0.966. The number of hydrogen-bond acceptors (Lipinski definition) is 4. The number of carbonyl (C=O) groups excluding carboxylic acids is 1. The second kappa shape index (κ2) is 5.91. The van der Waals surface area contributed by atoms with Gasteiger partial charge < -0.3 is 15.2 Å². The van der Waals surface area contributed by atoms with Crippen molar-refractivity contribution in [1.29, 1.82) is 0 Å². The van der Waals surface area contributed by atoms with Gasteiger partial charge >= 0.3 is 5.97 Å². The van der Waals surface area contributed by atoms with Crippen LogP contribution in [0.1, 0.15) is 23.1 Å². The molecule has 0 bridgehead atoms. The molecule has 1 heterocycles. The SMILES string of the molecule is COC(=O)[C@@]1(O)[C@@H](c2ccccc2)NC[C@H]1c1ccccc1. The van der Waals surface area contributed by atoms with Gasteiger partial charge in [-0.2, -0.15) is 0 Å². The summed E-state index contributed by atoms with van der Waals surface area (Å²) in [6.45, 7) is 0.509. The van der Waals surface area contributed by atoms with Crippen LogP contribution in [0.3, 0.4) is 0 Å². The molecular weight excluding hydrogens is 278 g/mol. The number of methoxy groups -OCH3 is 1. The fourth-order valence-electron chi connectivity index (χ4n) is 3.25. The van der Waals surface area contributed by atoms with Crippen LogP contribution in [0.2, 0.25) is 0 Å². The summed E-state index contributed by atoms with van der Waals surface area (Å²) in [6.07, 6.45) is 0. The first-order valence-electron chi connectivity index (χ1n) is 7.32. The minimum Gasteiger partial charge on any atom is -0.467 e. The first-order valence-corrected chi connectivity index (χ1v) is 7.32. The lowest BCUT2D eigenvalue weighted by Gasteiger charge is -2.32. The average Bonchev–Trinajstić information content (AvgIpc) is 2.94. The van der Waals surface area contributed by atoms with E-state index in [2.05, 4.69) is 5.32 Å². The van der Waals surface area contributed by atoms with Crippen LogP contribution in [0.5, 0.6) is 0 Å². The minimum absolute atomic E-state index is 0.355. The third kappa shape index (κ3) is 2.30. The summed E-state index contributed by atoms with van der Waals surface area (Å²) in [7, 11) is 1.31. The molecule has 0 aromatic heterocycles. The number of hydrogen-bond donors (Lipinski definition) is 2. The van der Waals surface area contributed by atoms with Crippen molar-refractivity contribution in [3.05, 3.63) is 71.8 Å². The van der Waals surface area contributed by atoms with Crippen molar-refractivity contribution in [2.45, 2.75) is 17.6 Å². The molecule has 0 spiro atoms. The largest absolute Gasteiger partial charge is 0.467 e. The average molecular weight is 297 g/mol. The van der Waals surface area contributed by atoms with Gasteiger partial charge in [-0.1, -0.05) is 60.7 Å². The minimum atomic E-state index is -1.63. The molecule has 0 unspecified atom stereocenters. The van der Waals surface area contributed by atoms with Gasteiger partial charge in [0.2, 0.25) is 0 Å². The number of nitrogens with one attached hydrogen (secondary N) is 1. The van der Waals surface area contributed by atoms with Crippen LogP contribution in [0.15, 0.2) is 60.7 Å². The number of benzene rings is 2. The number of rotatable bonds is 3. The van der Waals surface area contributed by atoms with E-state index in [4.69, 9.17) is 4.74 Å². The van der Waals surface area contributed by atoms with Gasteiger partial charge in [-0.25, -0.2) is 4.79 Å². The Kier molecular flexibility index (Phi) is 3.96. The van der Waals surface area contributed by atoms with Crippen molar-refractivity contribution < 1.29 is 14.6 Å². The second-order valence-electron chi connectivity index (χ2n) is 5.53. The fraction of sp³-hybridized carbons (Fsp3) is 0.278. The van der Waals surface area contributed by atoms with E-state index in [0.717, 1.165) is 11.1 Å². The first kappa shape index (κ1) is 14.8. The summed E-state index contributed by atoms with van der Waals surface area (Å²) in [4.78, 5) is 12.4. The second-order valence-corrected chi connectivity index (χ2v) is 5.53. The molecule has 0 aliphatic carbocycles. The zero-order valence-corrected chi connectivity index (χ0v) is 12.4. The first-order chi connectivity index (χ1) is 10.7. The lowest BCUT2D eigenvalue weighted by atomic mass is 9.78. The van der Waals surface area contributed by atoms with Crippen molar-refractivity contribution in [3.8, 4) is 0 Å². The Morgan fingerprint density at radius 3 is 2.18 bits per heavy atom. The van der Waals surface area contributed by atoms with Crippen LogP contribution < -0.4 is 5.32 Å². The zero-order valence-electron chi connectivity index (χ0n) is 12.4. The van der Waals surface area contributed by atoms with Gasteiger partial charge in [0.1, 0.15) is 0 Å². The maximum absolute atomic E-state index is 12.4. The van der Waals surface area contributed by atoms with Crippen LogP contribution in [-0.4, -0.2) is 30.3 Å². The van der Waals surface area contributed by atoms with Crippen LogP contribution in [0.25, 0.3) is 0 Å². The van der Waals surface area contributed by atoms with Crippen molar-refractivity contribution in [3.63, 3.8) is 0 Å². The molecule has 3 atom stereocenters. The number of carbonyl (C=O) groups is 1. The van der Waals surface area contributed by atoms with E-state index in [-0.39, 0.29) is 5.92 Å². The lowest BCUT2D eigenvalue weighted by molar-refractivity contribution is -0.165. The summed E-state index contributed by atoms with van der Waals surface area (Å²) in [6, 6.07) is 18.6. The van der Waals surface area contributed by atoms with Crippen LogP contribution >= 0.6 is 0 Å². The predicted octanol–water partition coefficient (Wildman–Crippen LogP) is 2.02. The highest BCUT2D eigenvalue weighted by Gasteiger charge is 2.56. The molecule has 22 heavy (non-hydrogen) atoms. The van der Waals surface area contributed by atoms with Gasteiger partial charge in [0.15, 0.2) is 5.60 Å². The standard InChI is InChI=1S/C18H19NO3/c1-22-17(20)18(21)15(13-8-4-2-5-9-13)12-19-16(18)14-10-6-3-7-11-14/h2-11,15-16,19,21H,12H2,1H3/t15-,16+,18-/m0/s1. The van der Waals surface area contributed by atoms with Crippen LogP contribution in [0, 0.1) is 0 Å². The Morgan fingerprint density at radius 1 is 1.09 bits per heavy atom. The zero-order chi connectivity index (χ0) is 15.6. The molecule has 114 valence electrons. The highest BCUT2D eigenvalue weighted by molar-refractivity contribution is 5.83. The molecule has 4 nitrogen and oxygen atoms in total. The summed E-state index contributed by atoms with van der Waals surface area (Å²) < 4.78 is 4.91.